The first-order valence-electron chi connectivity index (χ1n) is 30.3. The average Bonchev–Trinajstić information content (AvgIpc) is 1.59. The average molecular weight is 1180 g/mol. The number of rotatable bonds is 8. The summed E-state index contributed by atoms with van der Waals surface area (Å²) in [6.07, 6.45) is 0. The molecule has 0 radical (unpaired) electrons. The second-order valence-electron chi connectivity index (χ2n) is 22.8. The standard InChI is InChI=1S/2C42H26N2S/c1-2-11-30(12-3-1)41-36-26-31(24-25-37(36)43-42(44-41)34-17-8-13-28-10-4-5-14-32(28)34)27-20-22-29(23-21-27)33-16-9-19-39-40(33)35-15-6-7-18-38(35)45-39;1-2-10-30(11-3-1)42-43-37-26-32(23-24-35(37)41(44-42)33-22-19-27-9-4-5-12-31(27)25-33)28-17-20-29(21-18-28)34-14-8-16-39-40(34)36-13-6-7-15-38(36)45-39/h2*1-26H. The molecule has 6 heteroatoms. The Kier molecular flexibility index (Phi) is 13.2. The van der Waals surface area contributed by atoms with E-state index in [4.69, 9.17) is 19.9 Å². The first-order chi connectivity index (χ1) is 44.6. The highest BCUT2D eigenvalue weighted by Crippen LogP contribution is 2.43. The topological polar surface area (TPSA) is 51.6 Å². The van der Waals surface area contributed by atoms with Crippen molar-refractivity contribution < 1.29 is 0 Å². The van der Waals surface area contributed by atoms with E-state index in [1.165, 1.54) is 84.3 Å². The van der Waals surface area contributed by atoms with Crippen LogP contribution >= 0.6 is 22.7 Å². The Hall–Kier alpha value is -11.3. The highest BCUT2D eigenvalue weighted by atomic mass is 32.1. The largest absolute Gasteiger partial charge is 0.228 e. The molecule has 0 N–H and O–H groups in total. The summed E-state index contributed by atoms with van der Waals surface area (Å²) >= 11 is 3.72. The van der Waals surface area contributed by atoms with Crippen LogP contribution < -0.4 is 0 Å². The monoisotopic (exact) mass is 1180 g/mol. The molecule has 420 valence electrons. The third-order valence-corrected chi connectivity index (χ3v) is 19.7. The zero-order chi connectivity index (χ0) is 59.5. The van der Waals surface area contributed by atoms with Gasteiger partial charge in [-0.3, -0.25) is 0 Å². The summed E-state index contributed by atoms with van der Waals surface area (Å²) in [4.78, 5) is 20.5. The predicted molar refractivity (Wildman–Crippen MR) is 383 cm³/mol. The lowest BCUT2D eigenvalue weighted by Gasteiger charge is -2.13. The summed E-state index contributed by atoms with van der Waals surface area (Å²) in [5.41, 5.74) is 17.6. The summed E-state index contributed by atoms with van der Waals surface area (Å²) in [6, 6.07) is 112. The molecule has 0 unspecified atom stereocenters. The molecule has 4 heterocycles. The molecule has 90 heavy (non-hydrogen) atoms. The van der Waals surface area contributed by atoms with Crippen LogP contribution in [0.2, 0.25) is 0 Å². The predicted octanol–water partition coefficient (Wildman–Crippen LogP) is 23.6. The van der Waals surface area contributed by atoms with E-state index in [2.05, 4.69) is 291 Å². The summed E-state index contributed by atoms with van der Waals surface area (Å²) < 4.78 is 5.30. The molecule has 18 aromatic rings. The van der Waals surface area contributed by atoms with E-state index in [0.29, 0.717) is 0 Å². The maximum atomic E-state index is 5.22. The SMILES string of the molecule is c1ccc(-c2nc(-c3ccc4ccccc4c3)c3ccc(-c4ccc(-c5cccc6sc7ccccc7c56)cc4)cc3n2)cc1.c1ccc(-c2nc(-c3cccc4ccccc34)nc3ccc(-c4ccc(-c5cccc6sc7ccccc7c56)cc4)cc23)cc1. The highest BCUT2D eigenvalue weighted by Gasteiger charge is 2.18. The van der Waals surface area contributed by atoms with Gasteiger partial charge in [0.05, 0.1) is 22.4 Å². The molecule has 0 amide bonds. The molecule has 4 nitrogen and oxygen atoms in total. The first kappa shape index (κ1) is 53.0. The van der Waals surface area contributed by atoms with Gasteiger partial charge in [-0.15, -0.1) is 22.7 Å². The van der Waals surface area contributed by atoms with Crippen molar-refractivity contribution in [1.29, 1.82) is 0 Å². The van der Waals surface area contributed by atoms with Gasteiger partial charge in [0.15, 0.2) is 11.6 Å². The van der Waals surface area contributed by atoms with Crippen LogP contribution in [0.25, 0.3) is 173 Å². The molecule has 0 fully saturated rings. The number of hydrogen-bond donors (Lipinski definition) is 0. The molecule has 0 saturated heterocycles. The van der Waals surface area contributed by atoms with E-state index < -0.39 is 0 Å². The van der Waals surface area contributed by atoms with Gasteiger partial charge in [0.1, 0.15) is 0 Å². The highest BCUT2D eigenvalue weighted by molar-refractivity contribution is 7.26. The van der Waals surface area contributed by atoms with Gasteiger partial charge in [0, 0.05) is 73.4 Å². The van der Waals surface area contributed by atoms with E-state index in [1.807, 2.05) is 46.9 Å². The van der Waals surface area contributed by atoms with Crippen LogP contribution in [-0.2, 0) is 0 Å². The summed E-state index contributed by atoms with van der Waals surface area (Å²) in [5, 5.41) is 12.2. The molecular formula is C84H52N4S2. The Morgan fingerprint density at radius 3 is 1.32 bits per heavy atom. The van der Waals surface area contributed by atoms with Gasteiger partial charge in [-0.2, -0.15) is 0 Å². The third kappa shape index (κ3) is 9.63. The van der Waals surface area contributed by atoms with Crippen LogP contribution in [0.1, 0.15) is 0 Å². The van der Waals surface area contributed by atoms with Crippen LogP contribution in [0.3, 0.4) is 0 Å². The lowest BCUT2D eigenvalue weighted by atomic mass is 9.96. The summed E-state index contributed by atoms with van der Waals surface area (Å²) in [5.74, 6) is 1.47. The number of fused-ring (bicyclic) bond motifs is 10. The molecule has 0 bridgehead atoms. The molecular weight excluding hydrogens is 1130 g/mol. The molecule has 0 saturated carbocycles. The van der Waals surface area contributed by atoms with E-state index >= 15 is 0 Å². The van der Waals surface area contributed by atoms with Crippen molar-refractivity contribution in [3.8, 4) is 89.8 Å². The van der Waals surface area contributed by atoms with E-state index in [0.717, 1.165) is 89.2 Å². The zero-order valence-corrected chi connectivity index (χ0v) is 50.3. The second kappa shape index (κ2) is 22.5. The first-order valence-corrected chi connectivity index (χ1v) is 32.0. The molecule has 0 atom stereocenters. The lowest BCUT2D eigenvalue weighted by Crippen LogP contribution is -1.96. The molecule has 0 aliphatic rings. The molecule has 0 spiro atoms. The van der Waals surface area contributed by atoms with Crippen molar-refractivity contribution in [3.63, 3.8) is 0 Å². The van der Waals surface area contributed by atoms with Crippen LogP contribution in [0, 0.1) is 0 Å². The Balaban J connectivity index is 0.000000139. The number of thiophene rings is 2. The molecule has 4 aromatic heterocycles. The van der Waals surface area contributed by atoms with E-state index in [-0.39, 0.29) is 0 Å². The van der Waals surface area contributed by atoms with Crippen molar-refractivity contribution in [2.75, 3.05) is 0 Å². The number of benzene rings is 14. The summed E-state index contributed by atoms with van der Waals surface area (Å²) in [7, 11) is 0. The minimum atomic E-state index is 0.731. The van der Waals surface area contributed by atoms with Crippen LogP contribution in [0.4, 0.5) is 0 Å². The van der Waals surface area contributed by atoms with Gasteiger partial charge in [-0.1, -0.05) is 261 Å². The van der Waals surface area contributed by atoms with Gasteiger partial charge in [-0.25, -0.2) is 19.9 Å². The van der Waals surface area contributed by atoms with Crippen molar-refractivity contribution in [2.24, 2.45) is 0 Å². The van der Waals surface area contributed by atoms with Gasteiger partial charge in [0.25, 0.3) is 0 Å². The number of nitrogens with zero attached hydrogens (tertiary/aromatic N) is 4. The Morgan fingerprint density at radius 1 is 0.200 bits per heavy atom. The zero-order valence-electron chi connectivity index (χ0n) is 48.6. The maximum absolute atomic E-state index is 5.22. The number of hydrogen-bond acceptors (Lipinski definition) is 6. The van der Waals surface area contributed by atoms with Gasteiger partial charge in [-0.05, 0) is 121 Å². The normalized spacial score (nSPS) is 11.6. The molecule has 14 aromatic carbocycles. The fourth-order valence-corrected chi connectivity index (χ4v) is 15.2. The van der Waals surface area contributed by atoms with Gasteiger partial charge < -0.3 is 0 Å². The van der Waals surface area contributed by atoms with E-state index in [9.17, 15) is 0 Å². The second-order valence-corrected chi connectivity index (χ2v) is 25.0. The van der Waals surface area contributed by atoms with E-state index in [1.54, 1.807) is 0 Å². The Labute approximate surface area is 528 Å². The lowest BCUT2D eigenvalue weighted by molar-refractivity contribution is 1.23. The number of aromatic nitrogens is 4. The molecule has 0 aliphatic carbocycles. The molecule has 18 rings (SSSR count). The van der Waals surface area contributed by atoms with Crippen molar-refractivity contribution in [2.45, 2.75) is 0 Å². The maximum Gasteiger partial charge on any atom is 0.161 e. The Morgan fingerprint density at radius 2 is 0.656 bits per heavy atom. The minimum absolute atomic E-state index is 0.731. The smallest absolute Gasteiger partial charge is 0.161 e. The van der Waals surface area contributed by atoms with Crippen molar-refractivity contribution >= 4 is 106 Å². The minimum Gasteiger partial charge on any atom is -0.228 e. The quantitative estimate of drug-likeness (QED) is 0.152. The molecule has 0 aliphatic heterocycles. The van der Waals surface area contributed by atoms with Gasteiger partial charge >= 0.3 is 0 Å². The fourth-order valence-electron chi connectivity index (χ4n) is 13.0. The fraction of sp³-hybridized carbons (Fsp3) is 0. The van der Waals surface area contributed by atoms with Crippen LogP contribution in [0.15, 0.2) is 315 Å². The summed E-state index contributed by atoms with van der Waals surface area (Å²) in [6.45, 7) is 0. The van der Waals surface area contributed by atoms with Crippen LogP contribution in [0.5, 0.6) is 0 Å². The van der Waals surface area contributed by atoms with Crippen LogP contribution in [-0.4, -0.2) is 19.9 Å². The third-order valence-electron chi connectivity index (χ3n) is 17.4. The Bertz CT molecular complexity index is 5770. The van der Waals surface area contributed by atoms with Crippen molar-refractivity contribution in [1.82, 2.24) is 19.9 Å². The van der Waals surface area contributed by atoms with Gasteiger partial charge in [0.2, 0.25) is 0 Å². The van der Waals surface area contributed by atoms with Crippen molar-refractivity contribution in [3.05, 3.63) is 315 Å².